The minimum atomic E-state index is -4.23. The molecule has 1 N–H and O–H groups in total. The van der Waals surface area contributed by atoms with Gasteiger partial charge in [0.1, 0.15) is 12.6 Å². The fourth-order valence-electron chi connectivity index (χ4n) is 3.98. The lowest BCUT2D eigenvalue weighted by molar-refractivity contribution is -0.140. The average Bonchev–Trinajstić information content (AvgIpc) is 2.89. The second-order valence-corrected chi connectivity index (χ2v) is 12.1. The third-order valence-electron chi connectivity index (χ3n) is 5.82. The maximum Gasteiger partial charge on any atom is 0.264 e. The first-order chi connectivity index (χ1) is 18.5. The van der Waals surface area contributed by atoms with Crippen LogP contribution in [-0.4, -0.2) is 44.3 Å². The zero-order chi connectivity index (χ0) is 28.7. The van der Waals surface area contributed by atoms with Crippen molar-refractivity contribution in [1.82, 2.24) is 10.2 Å². The summed E-state index contributed by atoms with van der Waals surface area (Å²) in [4.78, 5) is 28.2. The van der Waals surface area contributed by atoms with E-state index in [0.29, 0.717) is 17.1 Å². The number of amides is 2. The van der Waals surface area contributed by atoms with Crippen LogP contribution in [0, 0.1) is 0 Å². The molecule has 0 saturated carbocycles. The summed E-state index contributed by atoms with van der Waals surface area (Å²) >= 11 is 24.6. The van der Waals surface area contributed by atoms with E-state index < -0.39 is 28.5 Å². The second-order valence-electron chi connectivity index (χ2n) is 8.54. The van der Waals surface area contributed by atoms with E-state index in [1.807, 2.05) is 0 Å². The number of benzene rings is 3. The van der Waals surface area contributed by atoms with Gasteiger partial charge in [-0.25, -0.2) is 8.42 Å². The van der Waals surface area contributed by atoms with Gasteiger partial charge < -0.3 is 10.2 Å². The molecule has 0 aliphatic carbocycles. The molecule has 0 fully saturated rings. The molecule has 0 bridgehead atoms. The van der Waals surface area contributed by atoms with E-state index in [1.165, 1.54) is 35.2 Å². The van der Waals surface area contributed by atoms with Crippen molar-refractivity contribution in [2.24, 2.45) is 0 Å². The normalized spacial score (nSPS) is 12.1. The highest BCUT2D eigenvalue weighted by Gasteiger charge is 2.33. The summed E-state index contributed by atoms with van der Waals surface area (Å²) in [6.45, 7) is 3.27. The molecule has 0 aliphatic heterocycles. The van der Waals surface area contributed by atoms with Crippen molar-refractivity contribution in [1.29, 1.82) is 0 Å². The molecule has 1 unspecified atom stereocenters. The Morgan fingerprint density at radius 1 is 0.872 bits per heavy atom. The number of carbonyl (C=O) groups excluding carboxylic acids is 2. The van der Waals surface area contributed by atoms with Gasteiger partial charge in [-0.15, -0.1) is 0 Å². The summed E-state index contributed by atoms with van der Waals surface area (Å²) in [5.74, 6) is -0.980. The van der Waals surface area contributed by atoms with Crippen LogP contribution in [0.4, 0.5) is 5.69 Å². The van der Waals surface area contributed by atoms with Crippen molar-refractivity contribution in [3.63, 3.8) is 0 Å². The third-order valence-corrected chi connectivity index (χ3v) is 8.78. The summed E-state index contributed by atoms with van der Waals surface area (Å²) in [5.41, 5.74) is 0.717. The second kappa shape index (κ2) is 13.7. The molecule has 3 aromatic rings. The van der Waals surface area contributed by atoms with Crippen LogP contribution in [0.1, 0.15) is 25.8 Å². The van der Waals surface area contributed by atoms with E-state index in [9.17, 15) is 18.0 Å². The van der Waals surface area contributed by atoms with Gasteiger partial charge in [0.05, 0.1) is 20.6 Å². The SMILES string of the molecule is CCNC(=O)C(CC)N(Cc1ccc(Cl)c(Cl)c1)C(=O)CN(c1cc(Cl)cc(Cl)c1)S(=O)(=O)c1ccccc1. The van der Waals surface area contributed by atoms with E-state index >= 15 is 0 Å². The molecule has 39 heavy (non-hydrogen) atoms. The molecule has 0 aliphatic rings. The number of hydrogen-bond acceptors (Lipinski definition) is 4. The molecule has 2 amide bonds. The van der Waals surface area contributed by atoms with E-state index in [2.05, 4.69) is 5.32 Å². The molecule has 0 aromatic heterocycles. The van der Waals surface area contributed by atoms with Crippen LogP contribution >= 0.6 is 46.4 Å². The molecule has 1 atom stereocenters. The number of anilines is 1. The Hall–Kier alpha value is -2.49. The lowest BCUT2D eigenvalue weighted by atomic mass is 10.1. The Morgan fingerprint density at radius 2 is 1.51 bits per heavy atom. The summed E-state index contributed by atoms with van der Waals surface area (Å²) in [6.07, 6.45) is 0.285. The van der Waals surface area contributed by atoms with Crippen LogP contribution in [-0.2, 0) is 26.2 Å². The van der Waals surface area contributed by atoms with Gasteiger partial charge in [0.15, 0.2) is 0 Å². The lowest BCUT2D eigenvalue weighted by Crippen LogP contribution is -2.52. The highest BCUT2D eigenvalue weighted by Crippen LogP contribution is 2.30. The van der Waals surface area contributed by atoms with Crippen molar-refractivity contribution in [3.05, 3.63) is 92.4 Å². The Balaban J connectivity index is 2.09. The van der Waals surface area contributed by atoms with Gasteiger partial charge in [-0.05, 0) is 61.4 Å². The fraction of sp³-hybridized carbons (Fsp3) is 0.259. The summed E-state index contributed by atoms with van der Waals surface area (Å²) in [7, 11) is -4.23. The molecule has 0 saturated heterocycles. The van der Waals surface area contributed by atoms with Gasteiger partial charge in [-0.1, -0.05) is 77.6 Å². The van der Waals surface area contributed by atoms with Crippen molar-refractivity contribution >= 4 is 73.9 Å². The maximum absolute atomic E-state index is 14.0. The number of hydrogen-bond donors (Lipinski definition) is 1. The maximum atomic E-state index is 14.0. The van der Waals surface area contributed by atoms with Gasteiger partial charge in [0.2, 0.25) is 11.8 Å². The first kappa shape index (κ1) is 31.0. The van der Waals surface area contributed by atoms with Gasteiger partial charge in [-0.2, -0.15) is 0 Å². The predicted octanol–water partition coefficient (Wildman–Crippen LogP) is 6.44. The van der Waals surface area contributed by atoms with Crippen LogP contribution in [0.2, 0.25) is 20.1 Å². The monoisotopic (exact) mass is 629 g/mol. The zero-order valence-electron chi connectivity index (χ0n) is 21.2. The van der Waals surface area contributed by atoms with Crippen molar-refractivity contribution in [2.75, 3.05) is 17.4 Å². The van der Waals surface area contributed by atoms with Gasteiger partial charge >= 0.3 is 0 Å². The van der Waals surface area contributed by atoms with Gasteiger partial charge in [0.25, 0.3) is 10.0 Å². The van der Waals surface area contributed by atoms with Gasteiger partial charge in [-0.3, -0.25) is 13.9 Å². The molecule has 0 radical (unpaired) electrons. The van der Waals surface area contributed by atoms with E-state index in [4.69, 9.17) is 46.4 Å². The Labute approximate surface area is 248 Å². The number of nitrogens with one attached hydrogen (secondary N) is 1. The first-order valence-electron chi connectivity index (χ1n) is 12.0. The van der Waals surface area contributed by atoms with Crippen LogP contribution in [0.3, 0.4) is 0 Å². The molecule has 3 rings (SSSR count). The number of likely N-dealkylation sites (N-methyl/N-ethyl adjacent to an activating group) is 1. The molecule has 12 heteroatoms. The molecule has 3 aromatic carbocycles. The Morgan fingerprint density at radius 3 is 2.08 bits per heavy atom. The molecular formula is C27H27Cl4N3O4S. The minimum absolute atomic E-state index is 0.0130. The summed E-state index contributed by atoms with van der Waals surface area (Å²) < 4.78 is 28.5. The van der Waals surface area contributed by atoms with Crippen molar-refractivity contribution in [2.45, 2.75) is 37.8 Å². The number of carbonyl (C=O) groups is 2. The molecular weight excluding hydrogens is 604 g/mol. The predicted molar refractivity (Wildman–Crippen MR) is 157 cm³/mol. The van der Waals surface area contributed by atoms with Crippen molar-refractivity contribution < 1.29 is 18.0 Å². The quantitative estimate of drug-likeness (QED) is 0.264. The van der Waals surface area contributed by atoms with Crippen LogP contribution in [0.15, 0.2) is 71.6 Å². The largest absolute Gasteiger partial charge is 0.355 e. The lowest BCUT2D eigenvalue weighted by Gasteiger charge is -2.33. The minimum Gasteiger partial charge on any atom is -0.355 e. The smallest absolute Gasteiger partial charge is 0.264 e. The third kappa shape index (κ3) is 7.80. The number of rotatable bonds is 11. The van der Waals surface area contributed by atoms with E-state index in [0.717, 1.165) is 4.31 Å². The average molecular weight is 631 g/mol. The Kier molecular flexibility index (Phi) is 10.9. The highest BCUT2D eigenvalue weighted by atomic mass is 35.5. The molecule has 0 spiro atoms. The van der Waals surface area contributed by atoms with E-state index in [1.54, 1.807) is 50.2 Å². The summed E-state index contributed by atoms with van der Waals surface area (Å²) in [5, 5.41) is 3.76. The molecule has 0 heterocycles. The Bertz CT molecular complexity index is 1420. The topological polar surface area (TPSA) is 86.8 Å². The zero-order valence-corrected chi connectivity index (χ0v) is 25.0. The highest BCUT2D eigenvalue weighted by molar-refractivity contribution is 7.92. The van der Waals surface area contributed by atoms with Crippen LogP contribution < -0.4 is 9.62 Å². The molecule has 7 nitrogen and oxygen atoms in total. The number of halogens is 4. The van der Waals surface area contributed by atoms with Crippen LogP contribution in [0.25, 0.3) is 0 Å². The number of sulfonamides is 1. The fourth-order valence-corrected chi connectivity index (χ4v) is 6.23. The standard InChI is InChI=1S/C27H27Cl4N3O4S/c1-3-25(27(36)32-4-2)33(16-18-10-11-23(30)24(31)12-18)26(35)17-34(21-14-19(28)13-20(29)15-21)39(37,38)22-8-6-5-7-9-22/h5-15,25H,3-4,16-17H2,1-2H3,(H,32,36). The molecule has 208 valence electrons. The van der Waals surface area contributed by atoms with Crippen LogP contribution in [0.5, 0.6) is 0 Å². The summed E-state index contributed by atoms with van der Waals surface area (Å²) in [6, 6.07) is 16.0. The van der Waals surface area contributed by atoms with Crippen molar-refractivity contribution in [3.8, 4) is 0 Å². The van der Waals surface area contributed by atoms with Gasteiger partial charge in [0, 0.05) is 23.1 Å². The first-order valence-corrected chi connectivity index (χ1v) is 15.0. The number of nitrogens with zero attached hydrogens (tertiary/aromatic N) is 2. The van der Waals surface area contributed by atoms with E-state index in [-0.39, 0.29) is 44.5 Å².